The van der Waals surface area contributed by atoms with Crippen LogP contribution in [0.4, 0.5) is 0 Å². The fourth-order valence-electron chi connectivity index (χ4n) is 3.72. The molecule has 0 N–H and O–H groups in total. The summed E-state index contributed by atoms with van der Waals surface area (Å²) in [4.78, 5) is 17.2. The van der Waals surface area contributed by atoms with Gasteiger partial charge >= 0.3 is 0 Å². The molecular formula is C25H26N2O2. The molecule has 0 radical (unpaired) electrons. The Morgan fingerprint density at radius 3 is 2.03 bits per heavy atom. The van der Waals surface area contributed by atoms with Crippen molar-refractivity contribution in [2.24, 2.45) is 0 Å². The summed E-state index contributed by atoms with van der Waals surface area (Å²) >= 11 is 0. The molecule has 0 unspecified atom stereocenters. The van der Waals surface area contributed by atoms with E-state index >= 15 is 0 Å². The Morgan fingerprint density at radius 1 is 0.793 bits per heavy atom. The monoisotopic (exact) mass is 386 g/mol. The van der Waals surface area contributed by atoms with Crippen LogP contribution in [0.1, 0.15) is 15.9 Å². The van der Waals surface area contributed by atoms with Gasteiger partial charge in [0.1, 0.15) is 5.75 Å². The molecule has 0 aromatic heterocycles. The summed E-state index contributed by atoms with van der Waals surface area (Å²) in [6.45, 7) is 4.20. The zero-order valence-corrected chi connectivity index (χ0v) is 16.8. The number of ether oxygens (including phenoxy) is 1. The van der Waals surface area contributed by atoms with Crippen molar-refractivity contribution in [1.29, 1.82) is 0 Å². The number of carbonyl (C=O) groups is 1. The number of hydrogen-bond donors (Lipinski definition) is 0. The molecule has 1 aliphatic rings. The second kappa shape index (κ2) is 8.93. The minimum atomic E-state index is 0.119. The maximum absolute atomic E-state index is 12.9. The van der Waals surface area contributed by atoms with Gasteiger partial charge in [0.15, 0.2) is 0 Å². The first kappa shape index (κ1) is 19.2. The van der Waals surface area contributed by atoms with Crippen molar-refractivity contribution in [3.8, 4) is 16.9 Å². The van der Waals surface area contributed by atoms with E-state index in [1.807, 2.05) is 59.5 Å². The number of carbonyl (C=O) groups excluding carboxylic acids is 1. The summed E-state index contributed by atoms with van der Waals surface area (Å²) in [7, 11) is 1.68. The van der Waals surface area contributed by atoms with Crippen molar-refractivity contribution in [2.75, 3.05) is 33.3 Å². The van der Waals surface area contributed by atoms with Gasteiger partial charge in [-0.15, -0.1) is 0 Å². The molecule has 0 spiro atoms. The highest BCUT2D eigenvalue weighted by Crippen LogP contribution is 2.20. The predicted octanol–water partition coefficient (Wildman–Crippen LogP) is 4.32. The molecule has 1 fully saturated rings. The Bertz CT molecular complexity index is 929. The minimum Gasteiger partial charge on any atom is -0.497 e. The number of amides is 1. The van der Waals surface area contributed by atoms with Crippen LogP contribution in [0.3, 0.4) is 0 Å². The molecule has 29 heavy (non-hydrogen) atoms. The zero-order valence-electron chi connectivity index (χ0n) is 16.8. The van der Waals surface area contributed by atoms with Gasteiger partial charge in [-0.05, 0) is 41.0 Å². The molecule has 1 heterocycles. The van der Waals surface area contributed by atoms with Crippen molar-refractivity contribution < 1.29 is 9.53 Å². The highest BCUT2D eigenvalue weighted by molar-refractivity contribution is 5.94. The van der Waals surface area contributed by atoms with Gasteiger partial charge < -0.3 is 9.64 Å². The Kier molecular flexibility index (Phi) is 5.92. The lowest BCUT2D eigenvalue weighted by atomic mass is 10.0. The molecule has 4 nitrogen and oxygen atoms in total. The normalized spacial score (nSPS) is 14.6. The van der Waals surface area contributed by atoms with Gasteiger partial charge in [-0.25, -0.2) is 0 Å². The molecule has 3 aromatic carbocycles. The van der Waals surface area contributed by atoms with E-state index in [9.17, 15) is 4.79 Å². The second-order valence-electron chi connectivity index (χ2n) is 7.36. The van der Waals surface area contributed by atoms with Gasteiger partial charge in [-0.1, -0.05) is 54.6 Å². The number of hydrogen-bond acceptors (Lipinski definition) is 3. The van der Waals surface area contributed by atoms with Crippen molar-refractivity contribution in [1.82, 2.24) is 9.80 Å². The predicted molar refractivity (Wildman–Crippen MR) is 116 cm³/mol. The first-order valence-corrected chi connectivity index (χ1v) is 10.0. The summed E-state index contributed by atoms with van der Waals surface area (Å²) < 4.78 is 5.22. The number of methoxy groups -OCH3 is 1. The van der Waals surface area contributed by atoms with Gasteiger partial charge in [0, 0.05) is 38.3 Å². The zero-order chi connectivity index (χ0) is 20.1. The summed E-state index contributed by atoms with van der Waals surface area (Å²) in [6, 6.07) is 26.4. The largest absolute Gasteiger partial charge is 0.497 e. The lowest BCUT2D eigenvalue weighted by molar-refractivity contribution is 0.0628. The third-order valence-corrected chi connectivity index (χ3v) is 5.46. The fraction of sp³-hybridized carbons (Fsp3) is 0.240. The molecule has 0 bridgehead atoms. The average molecular weight is 386 g/mol. The Hall–Kier alpha value is -3.11. The molecular weight excluding hydrogens is 360 g/mol. The third-order valence-electron chi connectivity index (χ3n) is 5.46. The highest BCUT2D eigenvalue weighted by atomic mass is 16.5. The van der Waals surface area contributed by atoms with Gasteiger partial charge in [-0.3, -0.25) is 9.69 Å². The molecule has 4 heteroatoms. The Morgan fingerprint density at radius 2 is 1.41 bits per heavy atom. The molecule has 1 amide bonds. The second-order valence-corrected chi connectivity index (χ2v) is 7.36. The average Bonchev–Trinajstić information content (AvgIpc) is 2.80. The summed E-state index contributed by atoms with van der Waals surface area (Å²) in [5, 5.41) is 0. The van der Waals surface area contributed by atoms with Crippen LogP contribution < -0.4 is 4.74 Å². The number of benzene rings is 3. The molecule has 3 aromatic rings. The first-order valence-electron chi connectivity index (χ1n) is 10.0. The van der Waals surface area contributed by atoms with Crippen molar-refractivity contribution in [2.45, 2.75) is 6.54 Å². The highest BCUT2D eigenvalue weighted by Gasteiger charge is 2.22. The van der Waals surface area contributed by atoms with E-state index in [4.69, 9.17) is 4.74 Å². The Balaban J connectivity index is 1.32. The van der Waals surface area contributed by atoms with Crippen molar-refractivity contribution >= 4 is 5.91 Å². The maximum Gasteiger partial charge on any atom is 0.253 e. The molecule has 4 rings (SSSR count). The van der Waals surface area contributed by atoms with Crippen LogP contribution in [0.25, 0.3) is 11.1 Å². The van der Waals surface area contributed by atoms with Crippen LogP contribution in [-0.4, -0.2) is 49.0 Å². The molecule has 0 atom stereocenters. The van der Waals surface area contributed by atoms with Gasteiger partial charge in [0.05, 0.1) is 7.11 Å². The molecule has 0 saturated carbocycles. The van der Waals surface area contributed by atoms with Gasteiger partial charge in [0.25, 0.3) is 5.91 Å². The fourth-order valence-corrected chi connectivity index (χ4v) is 3.72. The Labute approximate surface area is 172 Å². The van der Waals surface area contributed by atoms with Crippen LogP contribution in [0.5, 0.6) is 5.75 Å². The van der Waals surface area contributed by atoms with Gasteiger partial charge in [-0.2, -0.15) is 0 Å². The van der Waals surface area contributed by atoms with Crippen LogP contribution in [0, 0.1) is 0 Å². The van der Waals surface area contributed by atoms with Gasteiger partial charge in [0.2, 0.25) is 0 Å². The quantitative estimate of drug-likeness (QED) is 0.655. The van der Waals surface area contributed by atoms with E-state index < -0.39 is 0 Å². The topological polar surface area (TPSA) is 32.8 Å². The third kappa shape index (κ3) is 4.66. The standard InChI is InChI=1S/C25H26N2O2/c1-29-24-13-7-20(8-14-24)19-26-15-17-27(18-16-26)25(28)23-11-9-22(10-12-23)21-5-3-2-4-6-21/h2-14H,15-19H2,1H3. The summed E-state index contributed by atoms with van der Waals surface area (Å²) in [6.07, 6.45) is 0. The number of piperazine rings is 1. The van der Waals surface area contributed by atoms with Crippen molar-refractivity contribution in [3.05, 3.63) is 90.0 Å². The smallest absolute Gasteiger partial charge is 0.253 e. The summed E-state index contributed by atoms with van der Waals surface area (Å²) in [5.74, 6) is 0.996. The van der Waals surface area contributed by atoms with E-state index in [-0.39, 0.29) is 5.91 Å². The number of nitrogens with zero attached hydrogens (tertiary/aromatic N) is 2. The molecule has 1 saturated heterocycles. The van der Waals surface area contributed by atoms with E-state index in [0.29, 0.717) is 0 Å². The van der Waals surface area contributed by atoms with E-state index in [2.05, 4.69) is 29.2 Å². The van der Waals surface area contributed by atoms with E-state index in [0.717, 1.165) is 49.6 Å². The number of rotatable bonds is 5. The lowest BCUT2D eigenvalue weighted by Crippen LogP contribution is -2.48. The van der Waals surface area contributed by atoms with Crippen LogP contribution in [0.2, 0.25) is 0 Å². The van der Waals surface area contributed by atoms with Crippen LogP contribution in [0.15, 0.2) is 78.9 Å². The minimum absolute atomic E-state index is 0.119. The van der Waals surface area contributed by atoms with E-state index in [1.54, 1.807) is 7.11 Å². The van der Waals surface area contributed by atoms with Crippen LogP contribution >= 0.6 is 0 Å². The van der Waals surface area contributed by atoms with Crippen LogP contribution in [-0.2, 0) is 6.54 Å². The SMILES string of the molecule is COc1ccc(CN2CCN(C(=O)c3ccc(-c4ccccc4)cc3)CC2)cc1. The molecule has 148 valence electrons. The first-order chi connectivity index (χ1) is 14.2. The lowest BCUT2D eigenvalue weighted by Gasteiger charge is -2.34. The van der Waals surface area contributed by atoms with Crippen molar-refractivity contribution in [3.63, 3.8) is 0 Å². The molecule has 1 aliphatic heterocycles. The molecule has 0 aliphatic carbocycles. The summed E-state index contributed by atoms with van der Waals surface area (Å²) in [5.41, 5.74) is 4.32. The van der Waals surface area contributed by atoms with E-state index in [1.165, 1.54) is 11.1 Å². The maximum atomic E-state index is 12.9.